The fourth-order valence-electron chi connectivity index (χ4n) is 2.27. The second kappa shape index (κ2) is 6.71. The van der Waals surface area contributed by atoms with Crippen LogP contribution >= 0.6 is 0 Å². The Kier molecular flexibility index (Phi) is 4.96. The molecule has 20 heavy (non-hydrogen) atoms. The van der Waals surface area contributed by atoms with Gasteiger partial charge in [0.2, 0.25) is 0 Å². The number of aryl methyl sites for hydroxylation is 3. The summed E-state index contributed by atoms with van der Waals surface area (Å²) in [6, 6.07) is 7.04. The van der Waals surface area contributed by atoms with Crippen LogP contribution in [0.25, 0.3) is 5.69 Å². The summed E-state index contributed by atoms with van der Waals surface area (Å²) in [5.74, 6) is 0. The molecule has 0 fully saturated rings. The Balaban J connectivity index is 2.00. The summed E-state index contributed by atoms with van der Waals surface area (Å²) in [5.41, 5.74) is 5.00. The topological polar surface area (TPSA) is 29.9 Å². The summed E-state index contributed by atoms with van der Waals surface area (Å²) in [7, 11) is 0. The molecule has 1 N–H and O–H groups in total. The lowest BCUT2D eigenvalue weighted by atomic mass is 10.1. The largest absolute Gasteiger partial charge is 0.315 e. The summed E-state index contributed by atoms with van der Waals surface area (Å²) in [5, 5.41) is 7.94. The van der Waals surface area contributed by atoms with Gasteiger partial charge in [-0.15, -0.1) is 0 Å². The molecule has 0 aliphatic rings. The summed E-state index contributed by atoms with van der Waals surface area (Å²) in [4.78, 5) is 0. The number of rotatable bonds is 6. The minimum absolute atomic E-state index is 0.563. The zero-order chi connectivity index (χ0) is 14.5. The number of aromatic nitrogens is 2. The average Bonchev–Trinajstić information content (AvgIpc) is 2.86. The van der Waals surface area contributed by atoms with E-state index >= 15 is 0 Å². The molecule has 0 spiro atoms. The third-order valence-corrected chi connectivity index (χ3v) is 3.44. The smallest absolute Gasteiger partial charge is 0.0677 e. The van der Waals surface area contributed by atoms with Gasteiger partial charge in [0.05, 0.1) is 11.9 Å². The van der Waals surface area contributed by atoms with Gasteiger partial charge in [-0.05, 0) is 56.0 Å². The number of nitrogens with zero attached hydrogens (tertiary/aromatic N) is 2. The Hall–Kier alpha value is -1.61. The Morgan fingerprint density at radius 3 is 2.80 bits per heavy atom. The first-order valence-corrected chi connectivity index (χ1v) is 7.41. The van der Waals surface area contributed by atoms with Gasteiger partial charge in [0.25, 0.3) is 0 Å². The van der Waals surface area contributed by atoms with Crippen LogP contribution in [0.5, 0.6) is 0 Å². The summed E-state index contributed by atoms with van der Waals surface area (Å²) >= 11 is 0. The van der Waals surface area contributed by atoms with E-state index in [1.807, 2.05) is 10.9 Å². The van der Waals surface area contributed by atoms with Crippen LogP contribution < -0.4 is 5.32 Å². The van der Waals surface area contributed by atoms with Crippen LogP contribution in [0.15, 0.2) is 30.6 Å². The summed E-state index contributed by atoms with van der Waals surface area (Å²) < 4.78 is 1.99. The van der Waals surface area contributed by atoms with Crippen molar-refractivity contribution in [3.05, 3.63) is 47.3 Å². The molecule has 0 bridgehead atoms. The van der Waals surface area contributed by atoms with Crippen molar-refractivity contribution in [3.8, 4) is 5.69 Å². The molecule has 2 rings (SSSR count). The maximum absolute atomic E-state index is 4.50. The molecule has 0 aliphatic heterocycles. The number of hydrogen-bond donors (Lipinski definition) is 1. The molecule has 108 valence electrons. The van der Waals surface area contributed by atoms with E-state index in [2.05, 4.69) is 62.5 Å². The summed E-state index contributed by atoms with van der Waals surface area (Å²) in [6.07, 6.45) is 6.36. The normalized spacial score (nSPS) is 11.2. The van der Waals surface area contributed by atoms with Crippen LogP contribution in [-0.2, 0) is 6.42 Å². The molecule has 0 saturated carbocycles. The van der Waals surface area contributed by atoms with E-state index in [1.54, 1.807) is 0 Å². The van der Waals surface area contributed by atoms with E-state index in [0.29, 0.717) is 6.04 Å². The predicted molar refractivity (Wildman–Crippen MR) is 84.5 cm³/mol. The second-order valence-electron chi connectivity index (χ2n) is 5.80. The van der Waals surface area contributed by atoms with Crippen molar-refractivity contribution in [1.29, 1.82) is 0 Å². The molecule has 0 atom stereocenters. The third kappa shape index (κ3) is 3.94. The monoisotopic (exact) mass is 271 g/mol. The number of nitrogens with one attached hydrogen (secondary N) is 1. The Labute approximate surface area is 122 Å². The van der Waals surface area contributed by atoms with Gasteiger partial charge in [-0.2, -0.15) is 5.10 Å². The Bertz CT molecular complexity index is 555. The average molecular weight is 271 g/mol. The molecule has 1 aromatic carbocycles. The fraction of sp³-hybridized carbons (Fsp3) is 0.471. The highest BCUT2D eigenvalue weighted by molar-refractivity contribution is 5.42. The van der Waals surface area contributed by atoms with E-state index in [0.717, 1.165) is 19.4 Å². The first-order chi connectivity index (χ1) is 9.56. The maximum Gasteiger partial charge on any atom is 0.0677 e. The molecule has 3 nitrogen and oxygen atoms in total. The lowest BCUT2D eigenvalue weighted by molar-refractivity contribution is 0.570. The van der Waals surface area contributed by atoms with E-state index in [4.69, 9.17) is 0 Å². The van der Waals surface area contributed by atoms with Gasteiger partial charge < -0.3 is 5.32 Å². The molecule has 1 aromatic heterocycles. The van der Waals surface area contributed by atoms with Crippen molar-refractivity contribution in [2.75, 3.05) is 6.54 Å². The minimum atomic E-state index is 0.563. The molecule has 1 heterocycles. The molecule has 0 radical (unpaired) electrons. The fourth-order valence-corrected chi connectivity index (χ4v) is 2.27. The van der Waals surface area contributed by atoms with Gasteiger partial charge in [0, 0.05) is 12.2 Å². The van der Waals surface area contributed by atoms with Crippen molar-refractivity contribution in [2.45, 2.75) is 46.6 Å². The van der Waals surface area contributed by atoms with Crippen LogP contribution in [0.1, 0.15) is 37.0 Å². The van der Waals surface area contributed by atoms with Gasteiger partial charge in [0.1, 0.15) is 0 Å². The second-order valence-corrected chi connectivity index (χ2v) is 5.80. The number of hydrogen-bond acceptors (Lipinski definition) is 2. The first-order valence-electron chi connectivity index (χ1n) is 7.41. The van der Waals surface area contributed by atoms with Crippen LogP contribution in [-0.4, -0.2) is 22.4 Å². The Morgan fingerprint density at radius 1 is 1.25 bits per heavy atom. The van der Waals surface area contributed by atoms with Crippen molar-refractivity contribution in [3.63, 3.8) is 0 Å². The highest BCUT2D eigenvalue weighted by atomic mass is 15.3. The first kappa shape index (κ1) is 14.8. The van der Waals surface area contributed by atoms with Crippen LogP contribution in [0.4, 0.5) is 0 Å². The van der Waals surface area contributed by atoms with E-state index < -0.39 is 0 Å². The Morgan fingerprint density at radius 2 is 2.05 bits per heavy atom. The van der Waals surface area contributed by atoms with Crippen LogP contribution in [0.2, 0.25) is 0 Å². The molecule has 0 aliphatic carbocycles. The van der Waals surface area contributed by atoms with Gasteiger partial charge in [0.15, 0.2) is 0 Å². The molecule has 0 unspecified atom stereocenters. The van der Waals surface area contributed by atoms with Crippen molar-refractivity contribution >= 4 is 0 Å². The summed E-state index contributed by atoms with van der Waals surface area (Å²) in [6.45, 7) is 9.66. The van der Waals surface area contributed by atoms with Crippen LogP contribution in [0, 0.1) is 13.8 Å². The highest BCUT2D eigenvalue weighted by Gasteiger charge is 2.04. The van der Waals surface area contributed by atoms with Gasteiger partial charge >= 0.3 is 0 Å². The SMILES string of the molecule is Cc1ccc(C)c(-n2cc(CCCNC(C)C)cn2)c1. The van der Waals surface area contributed by atoms with Gasteiger partial charge in [-0.25, -0.2) is 4.68 Å². The third-order valence-electron chi connectivity index (χ3n) is 3.44. The lowest BCUT2D eigenvalue weighted by Gasteiger charge is -2.07. The molecule has 3 heteroatoms. The molecule has 0 saturated heterocycles. The van der Waals surface area contributed by atoms with Crippen molar-refractivity contribution in [1.82, 2.24) is 15.1 Å². The lowest BCUT2D eigenvalue weighted by Crippen LogP contribution is -2.23. The van der Waals surface area contributed by atoms with Crippen LogP contribution in [0.3, 0.4) is 0 Å². The standard InChI is InChI=1S/C17H25N3/c1-13(2)18-9-5-6-16-11-19-20(12-16)17-10-14(3)7-8-15(17)4/h7-8,10-13,18H,5-6,9H2,1-4H3. The maximum atomic E-state index is 4.50. The van der Waals surface area contributed by atoms with Gasteiger partial charge in [-0.1, -0.05) is 26.0 Å². The zero-order valence-electron chi connectivity index (χ0n) is 13.0. The van der Waals surface area contributed by atoms with Gasteiger partial charge in [-0.3, -0.25) is 0 Å². The molecule has 0 amide bonds. The highest BCUT2D eigenvalue weighted by Crippen LogP contribution is 2.16. The van der Waals surface area contributed by atoms with E-state index in [1.165, 1.54) is 22.4 Å². The van der Waals surface area contributed by atoms with Crippen molar-refractivity contribution in [2.24, 2.45) is 0 Å². The predicted octanol–water partition coefficient (Wildman–Crippen LogP) is 3.42. The molecular formula is C17H25N3. The minimum Gasteiger partial charge on any atom is -0.315 e. The van der Waals surface area contributed by atoms with E-state index in [9.17, 15) is 0 Å². The molecular weight excluding hydrogens is 246 g/mol. The number of benzene rings is 1. The van der Waals surface area contributed by atoms with Crippen molar-refractivity contribution < 1.29 is 0 Å². The molecule has 2 aromatic rings. The van der Waals surface area contributed by atoms with E-state index in [-0.39, 0.29) is 0 Å². The zero-order valence-corrected chi connectivity index (χ0v) is 13.0. The quantitative estimate of drug-likeness (QED) is 0.816.